The van der Waals surface area contributed by atoms with Crippen LogP contribution in [0, 0.1) is 0 Å². The topological polar surface area (TPSA) is 15.8 Å². The highest BCUT2D eigenvalue weighted by Gasteiger charge is 2.01. The minimum absolute atomic E-state index is 1.23. The highest BCUT2D eigenvalue weighted by Crippen LogP contribution is 2.19. The summed E-state index contributed by atoms with van der Waals surface area (Å²) < 4.78 is 0. The molecule has 58 valence electrons. The zero-order valence-electron chi connectivity index (χ0n) is 6.85. The highest BCUT2D eigenvalue weighted by atomic mass is 14.7. The SMILES string of the molecule is CCCCc1cc2ccc1[nH]2. The summed E-state index contributed by atoms with van der Waals surface area (Å²) >= 11 is 0. The van der Waals surface area contributed by atoms with E-state index in [9.17, 15) is 0 Å². The molecule has 1 N–H and O–H groups in total. The molecule has 0 saturated heterocycles. The molecule has 0 atom stereocenters. The van der Waals surface area contributed by atoms with Crippen LogP contribution in [0.3, 0.4) is 0 Å². The van der Waals surface area contributed by atoms with Crippen molar-refractivity contribution in [2.24, 2.45) is 0 Å². The smallest absolute Gasteiger partial charge is 0.0418 e. The molecule has 2 heterocycles. The minimum Gasteiger partial charge on any atom is -0.355 e. The van der Waals surface area contributed by atoms with Gasteiger partial charge in [0, 0.05) is 11.0 Å². The molecule has 0 aliphatic rings. The Balaban J connectivity index is 2.18. The Bertz CT molecular complexity index is 321. The fraction of sp³-hybridized carbons (Fsp3) is 0.400. The van der Waals surface area contributed by atoms with Crippen molar-refractivity contribution in [3.05, 3.63) is 23.8 Å². The first-order valence-corrected chi connectivity index (χ1v) is 4.30. The fourth-order valence-corrected chi connectivity index (χ4v) is 1.52. The molecule has 1 nitrogen and oxygen atoms in total. The lowest BCUT2D eigenvalue weighted by Gasteiger charge is -1.94. The highest BCUT2D eigenvalue weighted by molar-refractivity contribution is 5.70. The fourth-order valence-electron chi connectivity index (χ4n) is 1.52. The van der Waals surface area contributed by atoms with Gasteiger partial charge in [-0.3, -0.25) is 0 Å². The van der Waals surface area contributed by atoms with E-state index in [4.69, 9.17) is 0 Å². The first-order valence-electron chi connectivity index (χ1n) is 4.30. The Morgan fingerprint density at radius 1 is 1.36 bits per heavy atom. The Kier molecular flexibility index (Phi) is 1.57. The van der Waals surface area contributed by atoms with E-state index in [1.807, 2.05) is 0 Å². The predicted molar refractivity (Wildman–Crippen MR) is 48.1 cm³/mol. The molecular formula is C10H13N. The van der Waals surface area contributed by atoms with Gasteiger partial charge in [-0.25, -0.2) is 0 Å². The van der Waals surface area contributed by atoms with E-state index in [-0.39, 0.29) is 0 Å². The van der Waals surface area contributed by atoms with Crippen LogP contribution in [-0.2, 0) is 6.42 Å². The van der Waals surface area contributed by atoms with Crippen molar-refractivity contribution >= 4 is 11.0 Å². The third kappa shape index (κ3) is 1.11. The van der Waals surface area contributed by atoms with Crippen LogP contribution in [0.2, 0.25) is 0 Å². The molecule has 0 saturated carbocycles. The number of fused-ring (bicyclic) bond motifs is 2. The van der Waals surface area contributed by atoms with Crippen molar-refractivity contribution < 1.29 is 0 Å². The Labute approximate surface area is 66.8 Å². The summed E-state index contributed by atoms with van der Waals surface area (Å²) in [5.74, 6) is 0. The molecule has 2 rings (SSSR count). The Morgan fingerprint density at radius 3 is 2.82 bits per heavy atom. The Morgan fingerprint density at radius 2 is 2.27 bits per heavy atom. The van der Waals surface area contributed by atoms with Crippen LogP contribution in [0.5, 0.6) is 0 Å². The van der Waals surface area contributed by atoms with Crippen LogP contribution in [0.15, 0.2) is 18.2 Å². The second kappa shape index (κ2) is 2.57. The number of benzene rings is 1. The summed E-state index contributed by atoms with van der Waals surface area (Å²) in [5, 5.41) is 0. The van der Waals surface area contributed by atoms with E-state index < -0.39 is 0 Å². The lowest BCUT2D eigenvalue weighted by atomic mass is 10.1. The van der Waals surface area contributed by atoms with Gasteiger partial charge in [0.1, 0.15) is 0 Å². The number of aromatic nitrogens is 1. The molecule has 0 aliphatic heterocycles. The van der Waals surface area contributed by atoms with Crippen LogP contribution in [0.25, 0.3) is 11.0 Å². The summed E-state index contributed by atoms with van der Waals surface area (Å²) in [6, 6.07) is 6.55. The maximum Gasteiger partial charge on any atom is 0.0418 e. The zero-order valence-corrected chi connectivity index (χ0v) is 6.85. The van der Waals surface area contributed by atoms with Gasteiger partial charge in [-0.15, -0.1) is 0 Å². The summed E-state index contributed by atoms with van der Waals surface area (Å²) in [4.78, 5) is 3.32. The summed E-state index contributed by atoms with van der Waals surface area (Å²) in [6.07, 6.45) is 3.81. The number of hydrogen-bond acceptors (Lipinski definition) is 0. The molecule has 0 aliphatic carbocycles. The number of aryl methyl sites for hydroxylation is 1. The quantitative estimate of drug-likeness (QED) is 0.687. The van der Waals surface area contributed by atoms with Gasteiger partial charge in [0.05, 0.1) is 0 Å². The van der Waals surface area contributed by atoms with Gasteiger partial charge in [0.25, 0.3) is 0 Å². The van der Waals surface area contributed by atoms with Crippen LogP contribution < -0.4 is 0 Å². The standard InChI is InChI=1S/C10H13N/c1-2-3-4-8-7-9-5-6-10(8)11-9/h5-7,11H,2-4H2,1H3. The molecule has 0 spiro atoms. The van der Waals surface area contributed by atoms with Crippen LogP contribution in [0.4, 0.5) is 0 Å². The monoisotopic (exact) mass is 147 g/mol. The number of hydrogen-bond donors (Lipinski definition) is 1. The summed E-state index contributed by atoms with van der Waals surface area (Å²) in [7, 11) is 0. The minimum atomic E-state index is 1.23. The molecular weight excluding hydrogens is 134 g/mol. The van der Waals surface area contributed by atoms with Crippen molar-refractivity contribution in [1.29, 1.82) is 0 Å². The maximum absolute atomic E-state index is 3.32. The molecule has 0 unspecified atom stereocenters. The van der Waals surface area contributed by atoms with E-state index in [1.54, 1.807) is 0 Å². The number of unbranched alkanes of at least 4 members (excludes halogenated alkanes) is 1. The normalized spacial score (nSPS) is 11.4. The first kappa shape index (κ1) is 6.71. The number of rotatable bonds is 3. The lowest BCUT2D eigenvalue weighted by Crippen LogP contribution is -1.81. The van der Waals surface area contributed by atoms with E-state index in [1.165, 1.54) is 35.9 Å². The molecule has 2 aromatic heterocycles. The number of nitrogens with one attached hydrogen (secondary N) is 1. The van der Waals surface area contributed by atoms with Crippen molar-refractivity contribution in [3.63, 3.8) is 0 Å². The molecule has 2 aromatic rings. The second-order valence-electron chi connectivity index (χ2n) is 3.10. The zero-order chi connectivity index (χ0) is 7.68. The van der Waals surface area contributed by atoms with Crippen molar-refractivity contribution in [2.75, 3.05) is 0 Å². The molecule has 0 radical (unpaired) electrons. The third-order valence-electron chi connectivity index (χ3n) is 2.18. The molecule has 11 heavy (non-hydrogen) atoms. The Hall–Kier alpha value is -0.980. The van der Waals surface area contributed by atoms with E-state index in [0.717, 1.165) is 0 Å². The van der Waals surface area contributed by atoms with Crippen molar-refractivity contribution in [2.45, 2.75) is 26.2 Å². The van der Waals surface area contributed by atoms with Crippen LogP contribution in [0.1, 0.15) is 25.3 Å². The van der Waals surface area contributed by atoms with Gasteiger partial charge < -0.3 is 4.98 Å². The van der Waals surface area contributed by atoms with Gasteiger partial charge in [-0.05, 0) is 36.6 Å². The number of H-pyrrole nitrogens is 1. The first-order chi connectivity index (χ1) is 5.40. The molecule has 0 amide bonds. The summed E-state index contributed by atoms with van der Waals surface area (Å²) in [6.45, 7) is 2.23. The van der Waals surface area contributed by atoms with E-state index in [2.05, 4.69) is 30.1 Å². The van der Waals surface area contributed by atoms with Gasteiger partial charge in [0.15, 0.2) is 0 Å². The molecule has 1 heteroatoms. The average Bonchev–Trinajstić information content (AvgIpc) is 2.60. The van der Waals surface area contributed by atoms with Gasteiger partial charge in [0.2, 0.25) is 0 Å². The van der Waals surface area contributed by atoms with Gasteiger partial charge in [-0.2, -0.15) is 0 Å². The maximum atomic E-state index is 3.32. The van der Waals surface area contributed by atoms with Gasteiger partial charge >= 0.3 is 0 Å². The largest absolute Gasteiger partial charge is 0.355 e. The van der Waals surface area contributed by atoms with Crippen LogP contribution >= 0.6 is 0 Å². The van der Waals surface area contributed by atoms with Gasteiger partial charge in [-0.1, -0.05) is 13.3 Å². The van der Waals surface area contributed by atoms with E-state index in [0.29, 0.717) is 0 Å². The average molecular weight is 147 g/mol. The second-order valence-corrected chi connectivity index (χ2v) is 3.10. The van der Waals surface area contributed by atoms with Crippen LogP contribution in [-0.4, -0.2) is 4.98 Å². The lowest BCUT2D eigenvalue weighted by molar-refractivity contribution is 0.799. The third-order valence-corrected chi connectivity index (χ3v) is 2.18. The number of aromatic amines is 1. The van der Waals surface area contributed by atoms with Crippen molar-refractivity contribution in [3.8, 4) is 0 Å². The predicted octanol–water partition coefficient (Wildman–Crippen LogP) is 2.95. The van der Waals surface area contributed by atoms with E-state index >= 15 is 0 Å². The molecule has 0 fully saturated rings. The molecule has 2 bridgehead atoms. The summed E-state index contributed by atoms with van der Waals surface area (Å²) in [5.41, 5.74) is 4.09. The molecule has 0 aromatic carbocycles. The van der Waals surface area contributed by atoms with Crippen molar-refractivity contribution in [1.82, 2.24) is 4.98 Å².